The number of hydrogen-bond donors (Lipinski definition) is 1. The van der Waals surface area contributed by atoms with Crippen LogP contribution < -0.4 is 5.69 Å². The lowest BCUT2D eigenvalue weighted by Crippen LogP contribution is -2.26. The van der Waals surface area contributed by atoms with Gasteiger partial charge in [-0.2, -0.15) is 0 Å². The van der Waals surface area contributed by atoms with E-state index in [2.05, 4.69) is 4.98 Å². The zero-order valence-corrected chi connectivity index (χ0v) is 16.1. The molecule has 0 saturated carbocycles. The molecular weight excluding hydrogens is 362 g/mol. The minimum absolute atomic E-state index is 0.203. The molecule has 0 spiro atoms. The Balaban J connectivity index is 1.75. The Labute approximate surface area is 161 Å². The van der Waals surface area contributed by atoms with Crippen molar-refractivity contribution in [3.05, 3.63) is 75.4 Å². The highest BCUT2D eigenvalue weighted by Crippen LogP contribution is 2.18. The minimum Gasteiger partial charge on any atom is -0.465 e. The van der Waals surface area contributed by atoms with Crippen molar-refractivity contribution in [2.75, 3.05) is 14.2 Å². The topological polar surface area (TPSA) is 97.5 Å². The summed E-state index contributed by atoms with van der Waals surface area (Å²) in [6.45, 7) is 3.69. The third kappa shape index (κ3) is 3.62. The van der Waals surface area contributed by atoms with E-state index >= 15 is 0 Å². The zero-order valence-electron chi connectivity index (χ0n) is 16.1. The fourth-order valence-electron chi connectivity index (χ4n) is 2.99. The van der Waals surface area contributed by atoms with Gasteiger partial charge in [-0.15, -0.1) is 0 Å². The van der Waals surface area contributed by atoms with Gasteiger partial charge in [0.05, 0.1) is 19.3 Å². The average molecular weight is 383 g/mol. The van der Waals surface area contributed by atoms with Crippen LogP contribution in [0.4, 0.5) is 0 Å². The zero-order chi connectivity index (χ0) is 20.4. The van der Waals surface area contributed by atoms with Crippen LogP contribution in [-0.2, 0) is 11.3 Å². The van der Waals surface area contributed by atoms with Crippen LogP contribution >= 0.6 is 0 Å². The number of esters is 1. The summed E-state index contributed by atoms with van der Waals surface area (Å²) in [6.07, 6.45) is 1.63. The molecule has 0 aliphatic heterocycles. The first-order chi connectivity index (χ1) is 13.3. The quantitative estimate of drug-likeness (QED) is 0.683. The van der Waals surface area contributed by atoms with Crippen molar-refractivity contribution in [1.82, 2.24) is 14.5 Å². The van der Waals surface area contributed by atoms with Crippen LogP contribution in [0.3, 0.4) is 0 Å². The summed E-state index contributed by atoms with van der Waals surface area (Å²) < 4.78 is 11.8. The van der Waals surface area contributed by atoms with Gasteiger partial charge in [0.25, 0.3) is 5.91 Å². The molecule has 0 unspecified atom stereocenters. The number of benzene rings is 1. The van der Waals surface area contributed by atoms with E-state index in [0.29, 0.717) is 28.3 Å². The van der Waals surface area contributed by atoms with E-state index in [4.69, 9.17) is 9.15 Å². The lowest BCUT2D eigenvalue weighted by atomic mass is 10.1. The first kappa shape index (κ1) is 19.2. The molecule has 2 heterocycles. The number of hydrogen-bond acceptors (Lipinski definition) is 5. The first-order valence-corrected chi connectivity index (χ1v) is 8.62. The highest BCUT2D eigenvalue weighted by molar-refractivity contribution is 5.94. The Kier molecular flexibility index (Phi) is 5.21. The Morgan fingerprint density at radius 3 is 2.46 bits per heavy atom. The van der Waals surface area contributed by atoms with Gasteiger partial charge in [-0.25, -0.2) is 9.59 Å². The number of nitrogens with zero attached hydrogens (tertiary/aromatic N) is 2. The Hall–Kier alpha value is -3.55. The number of carbonyl (C=O) groups excluding carboxylic acids is 2. The number of nitrogens with one attached hydrogen (secondary N) is 1. The molecular formula is C20H21N3O5. The first-order valence-electron chi connectivity index (χ1n) is 8.62. The van der Waals surface area contributed by atoms with Crippen molar-refractivity contribution in [3.63, 3.8) is 0 Å². The summed E-state index contributed by atoms with van der Waals surface area (Å²) in [5, 5.41) is 0. The SMILES string of the molecule is COC(=O)c1cc(CN(C)C(=O)c2ccc(-n3c(C)c[nH]c3=O)cc2)oc1C. The van der Waals surface area contributed by atoms with E-state index in [9.17, 15) is 14.4 Å². The maximum atomic E-state index is 12.7. The fourth-order valence-corrected chi connectivity index (χ4v) is 2.99. The summed E-state index contributed by atoms with van der Waals surface area (Å²) >= 11 is 0. The molecule has 0 radical (unpaired) electrons. The fraction of sp³-hybridized carbons (Fsp3) is 0.250. The Bertz CT molecular complexity index is 1070. The van der Waals surface area contributed by atoms with Gasteiger partial charge >= 0.3 is 11.7 Å². The van der Waals surface area contributed by atoms with Crippen molar-refractivity contribution in [3.8, 4) is 5.69 Å². The molecule has 0 bridgehead atoms. The van der Waals surface area contributed by atoms with Crippen molar-refractivity contribution in [2.45, 2.75) is 20.4 Å². The van der Waals surface area contributed by atoms with E-state index in [1.807, 2.05) is 6.92 Å². The van der Waals surface area contributed by atoms with Crippen LogP contribution in [0.5, 0.6) is 0 Å². The summed E-state index contributed by atoms with van der Waals surface area (Å²) in [6, 6.07) is 8.35. The molecule has 0 fully saturated rings. The van der Waals surface area contributed by atoms with Gasteiger partial charge < -0.3 is 19.0 Å². The van der Waals surface area contributed by atoms with Crippen LogP contribution in [0, 0.1) is 13.8 Å². The standard InChI is InChI=1S/C20H21N3O5/c1-12-10-21-20(26)23(12)15-7-5-14(6-8-15)18(24)22(3)11-16-9-17(13(2)28-16)19(25)27-4/h5-10H,11H2,1-4H3,(H,21,26). The molecule has 146 valence electrons. The molecule has 0 aliphatic carbocycles. The van der Waals surface area contributed by atoms with Crippen LogP contribution in [0.25, 0.3) is 5.69 Å². The van der Waals surface area contributed by atoms with E-state index in [1.54, 1.807) is 50.5 Å². The van der Waals surface area contributed by atoms with Crippen LogP contribution in [0.1, 0.15) is 37.9 Å². The molecule has 0 atom stereocenters. The average Bonchev–Trinajstić information content (AvgIpc) is 3.22. The molecule has 28 heavy (non-hydrogen) atoms. The Morgan fingerprint density at radius 2 is 1.89 bits per heavy atom. The van der Waals surface area contributed by atoms with Gasteiger partial charge in [0.15, 0.2) is 0 Å². The summed E-state index contributed by atoms with van der Waals surface area (Å²) in [4.78, 5) is 40.3. The molecule has 2 aromatic heterocycles. The predicted molar refractivity (Wildman–Crippen MR) is 102 cm³/mol. The number of imidazole rings is 1. The molecule has 1 amide bonds. The second-order valence-electron chi connectivity index (χ2n) is 6.45. The highest BCUT2D eigenvalue weighted by Gasteiger charge is 2.19. The predicted octanol–water partition coefficient (Wildman–Crippen LogP) is 2.43. The molecule has 8 heteroatoms. The van der Waals surface area contributed by atoms with E-state index in [0.717, 1.165) is 5.69 Å². The van der Waals surface area contributed by atoms with Crippen LogP contribution in [0.2, 0.25) is 0 Å². The van der Waals surface area contributed by atoms with E-state index in [1.165, 1.54) is 16.6 Å². The highest BCUT2D eigenvalue weighted by atomic mass is 16.5. The van der Waals surface area contributed by atoms with Crippen LogP contribution in [-0.4, -0.2) is 40.5 Å². The number of amides is 1. The van der Waals surface area contributed by atoms with Gasteiger partial charge in [0.2, 0.25) is 0 Å². The number of aromatic nitrogens is 2. The smallest absolute Gasteiger partial charge is 0.341 e. The summed E-state index contributed by atoms with van der Waals surface area (Å²) in [5.41, 5.74) is 2.03. The maximum absolute atomic E-state index is 12.7. The molecule has 0 aliphatic rings. The number of carbonyl (C=O) groups is 2. The largest absolute Gasteiger partial charge is 0.465 e. The third-order valence-corrected chi connectivity index (χ3v) is 4.45. The molecule has 3 rings (SSSR count). The van der Waals surface area contributed by atoms with Gasteiger partial charge in [0.1, 0.15) is 17.1 Å². The molecule has 0 saturated heterocycles. The number of furan rings is 1. The number of ether oxygens (including phenoxy) is 1. The van der Waals surface area contributed by atoms with Gasteiger partial charge in [-0.1, -0.05) is 0 Å². The summed E-state index contributed by atoms with van der Waals surface area (Å²) in [7, 11) is 2.95. The number of aryl methyl sites for hydroxylation is 2. The third-order valence-electron chi connectivity index (χ3n) is 4.45. The van der Waals surface area contributed by atoms with Crippen molar-refractivity contribution < 1.29 is 18.7 Å². The number of rotatable bonds is 5. The lowest BCUT2D eigenvalue weighted by Gasteiger charge is -2.16. The molecule has 1 N–H and O–H groups in total. The number of methoxy groups -OCH3 is 1. The maximum Gasteiger partial charge on any atom is 0.341 e. The lowest BCUT2D eigenvalue weighted by molar-refractivity contribution is 0.0598. The van der Waals surface area contributed by atoms with E-state index < -0.39 is 5.97 Å². The van der Waals surface area contributed by atoms with E-state index in [-0.39, 0.29) is 18.1 Å². The second-order valence-corrected chi connectivity index (χ2v) is 6.45. The normalized spacial score (nSPS) is 10.7. The second kappa shape index (κ2) is 7.59. The Morgan fingerprint density at radius 1 is 1.21 bits per heavy atom. The summed E-state index contributed by atoms with van der Waals surface area (Å²) in [5.74, 6) is 0.241. The van der Waals surface area contributed by atoms with Gasteiger partial charge in [0, 0.05) is 24.5 Å². The van der Waals surface area contributed by atoms with Crippen LogP contribution in [0.15, 0.2) is 45.7 Å². The number of aromatic amines is 1. The van der Waals surface area contributed by atoms with Gasteiger partial charge in [-0.3, -0.25) is 9.36 Å². The van der Waals surface area contributed by atoms with Gasteiger partial charge in [-0.05, 0) is 44.2 Å². The molecule has 3 aromatic rings. The molecule has 1 aromatic carbocycles. The van der Waals surface area contributed by atoms with Crippen molar-refractivity contribution in [1.29, 1.82) is 0 Å². The monoisotopic (exact) mass is 383 g/mol. The number of H-pyrrole nitrogens is 1. The minimum atomic E-state index is -0.479. The van der Waals surface area contributed by atoms with Crippen molar-refractivity contribution >= 4 is 11.9 Å². The molecule has 8 nitrogen and oxygen atoms in total. The van der Waals surface area contributed by atoms with Crippen molar-refractivity contribution in [2.24, 2.45) is 0 Å².